The molecule has 0 radical (unpaired) electrons. The highest BCUT2D eigenvalue weighted by atomic mass is 32.2. The van der Waals surface area contributed by atoms with Gasteiger partial charge in [-0.15, -0.1) is 11.8 Å². The van der Waals surface area contributed by atoms with Crippen LogP contribution in [0.25, 0.3) is 10.9 Å². The maximum Gasteiger partial charge on any atom is 0.420 e. The number of anilines is 1. The van der Waals surface area contributed by atoms with Crippen molar-refractivity contribution in [3.8, 4) is 11.5 Å². The first-order chi connectivity index (χ1) is 17.8. The molecule has 0 saturated heterocycles. The summed E-state index contributed by atoms with van der Waals surface area (Å²) in [5.41, 5.74) is -2.56. The molecule has 1 unspecified atom stereocenters. The zero-order valence-corrected chi connectivity index (χ0v) is 21.0. The average molecular weight is 557 g/mol. The second-order valence-corrected chi connectivity index (χ2v) is 9.95. The number of halogens is 6. The van der Waals surface area contributed by atoms with Gasteiger partial charge in [0.25, 0.3) is 0 Å². The van der Waals surface area contributed by atoms with Crippen LogP contribution in [-0.2, 0) is 21.9 Å². The van der Waals surface area contributed by atoms with Crippen molar-refractivity contribution in [3.63, 3.8) is 0 Å². The summed E-state index contributed by atoms with van der Waals surface area (Å²) in [5, 5.41) is 2.71. The van der Waals surface area contributed by atoms with E-state index in [4.69, 9.17) is 4.74 Å². The van der Waals surface area contributed by atoms with Gasteiger partial charge < -0.3 is 15.0 Å². The van der Waals surface area contributed by atoms with E-state index in [0.29, 0.717) is 27.9 Å². The number of ether oxygens (including phenoxy) is 1. The van der Waals surface area contributed by atoms with Crippen LogP contribution in [0.3, 0.4) is 0 Å². The Hall–Kier alpha value is -3.41. The Morgan fingerprint density at radius 1 is 1.11 bits per heavy atom. The van der Waals surface area contributed by atoms with Gasteiger partial charge in [-0.05, 0) is 59.2 Å². The molecule has 2 N–H and O–H groups in total. The van der Waals surface area contributed by atoms with Gasteiger partial charge in [-0.25, -0.2) is 0 Å². The molecule has 0 aliphatic carbocycles. The van der Waals surface area contributed by atoms with E-state index >= 15 is 0 Å². The van der Waals surface area contributed by atoms with E-state index in [-0.39, 0.29) is 29.6 Å². The van der Waals surface area contributed by atoms with Crippen LogP contribution in [0, 0.1) is 0 Å². The van der Waals surface area contributed by atoms with E-state index in [9.17, 15) is 35.9 Å². The average Bonchev–Trinajstić information content (AvgIpc) is 3.43. The zero-order chi connectivity index (χ0) is 27.8. The lowest BCUT2D eigenvalue weighted by atomic mass is 9.98. The van der Waals surface area contributed by atoms with E-state index in [0.717, 1.165) is 23.7 Å². The summed E-state index contributed by atoms with van der Waals surface area (Å²) in [4.78, 5) is 27.0. The van der Waals surface area contributed by atoms with Gasteiger partial charge in [0, 0.05) is 22.8 Å². The predicted molar refractivity (Wildman–Crippen MR) is 132 cm³/mol. The van der Waals surface area contributed by atoms with Crippen molar-refractivity contribution in [1.82, 2.24) is 4.98 Å². The molecule has 2 heterocycles. The number of hydrogen-bond acceptors (Lipinski definition) is 4. The van der Waals surface area contributed by atoms with E-state index < -0.39 is 40.8 Å². The lowest BCUT2D eigenvalue weighted by Gasteiger charge is -2.21. The third-order valence-electron chi connectivity index (χ3n) is 6.09. The molecule has 0 bridgehead atoms. The summed E-state index contributed by atoms with van der Waals surface area (Å²) in [6.45, 7) is 3.91. The standard InChI is InChI=1S/C26H22F6N2O3S/c1-3-13(2)19-11-33-22-5-4-16(9-18(19)22)37-24-20(25(27,28)29)6-14(7-21(24)26(30,31)32)34-23(36)10-17-8-15(35)12-38-17/h4-9,11,13,33H,3,10,12H2,1-2H3,(H,34,36). The molecule has 12 heteroatoms. The minimum absolute atomic E-state index is 0.0925. The molecule has 1 amide bonds. The Kier molecular flexibility index (Phi) is 7.55. The summed E-state index contributed by atoms with van der Waals surface area (Å²) in [6, 6.07) is 5.01. The van der Waals surface area contributed by atoms with Crippen LogP contribution < -0.4 is 10.1 Å². The van der Waals surface area contributed by atoms with Gasteiger partial charge in [-0.3, -0.25) is 9.59 Å². The highest BCUT2D eigenvalue weighted by molar-refractivity contribution is 8.04. The molecule has 1 aliphatic rings. The summed E-state index contributed by atoms with van der Waals surface area (Å²) < 4.78 is 89.4. The molecule has 1 aromatic heterocycles. The van der Waals surface area contributed by atoms with E-state index in [2.05, 4.69) is 10.3 Å². The van der Waals surface area contributed by atoms with E-state index in [1.807, 2.05) is 13.8 Å². The maximum atomic E-state index is 14.0. The third kappa shape index (κ3) is 6.01. The molecule has 0 fully saturated rings. The molecule has 3 aromatic rings. The first-order valence-electron chi connectivity index (χ1n) is 11.5. The van der Waals surface area contributed by atoms with Crippen molar-refractivity contribution in [2.24, 2.45) is 0 Å². The predicted octanol–water partition coefficient (Wildman–Crippen LogP) is 8.04. The number of thioether (sulfide) groups is 1. The molecule has 202 valence electrons. The number of H-pyrrole nitrogens is 1. The molecule has 0 spiro atoms. The van der Waals surface area contributed by atoms with Gasteiger partial charge >= 0.3 is 12.4 Å². The molecule has 38 heavy (non-hydrogen) atoms. The Balaban J connectivity index is 1.75. The molecule has 1 atom stereocenters. The SMILES string of the molecule is CCC(C)c1c[nH]c2ccc(Oc3c(C(F)(F)F)cc(NC(=O)CC4=CC(=O)CS4)cc3C(F)(F)F)cc12. The normalized spacial score (nSPS) is 15.1. The number of alkyl halides is 6. The van der Waals surface area contributed by atoms with Crippen LogP contribution in [0.15, 0.2) is 47.5 Å². The molecule has 0 saturated carbocycles. The molecular weight excluding hydrogens is 534 g/mol. The highest BCUT2D eigenvalue weighted by Gasteiger charge is 2.43. The molecule has 4 rings (SSSR count). The number of benzene rings is 2. The fourth-order valence-electron chi connectivity index (χ4n) is 4.05. The van der Waals surface area contributed by atoms with Crippen molar-refractivity contribution < 1.29 is 40.7 Å². The minimum atomic E-state index is -5.23. The van der Waals surface area contributed by atoms with Crippen LogP contribution in [0.1, 0.15) is 49.3 Å². The first-order valence-corrected chi connectivity index (χ1v) is 12.5. The number of aromatic amines is 1. The van der Waals surface area contributed by atoms with Gasteiger partial charge in [0.15, 0.2) is 11.5 Å². The Labute approximate surface area is 217 Å². The largest absolute Gasteiger partial charge is 0.456 e. The number of carbonyl (C=O) groups excluding carboxylic acids is 2. The quantitative estimate of drug-likeness (QED) is 0.289. The van der Waals surface area contributed by atoms with E-state index in [1.54, 1.807) is 6.20 Å². The zero-order valence-electron chi connectivity index (χ0n) is 20.1. The second kappa shape index (κ2) is 10.4. The third-order valence-corrected chi connectivity index (χ3v) is 7.15. The summed E-state index contributed by atoms with van der Waals surface area (Å²) in [6.07, 6.45) is -7.07. The van der Waals surface area contributed by atoms with Gasteiger partial charge in [0.1, 0.15) is 16.9 Å². The van der Waals surface area contributed by atoms with Crippen molar-refractivity contribution in [1.29, 1.82) is 0 Å². The van der Waals surface area contributed by atoms with Crippen molar-refractivity contribution >= 4 is 40.0 Å². The minimum Gasteiger partial charge on any atom is -0.456 e. The molecule has 5 nitrogen and oxygen atoms in total. The fraction of sp³-hybridized carbons (Fsp3) is 0.308. The first kappa shape index (κ1) is 27.6. The second-order valence-electron chi connectivity index (χ2n) is 8.85. The lowest BCUT2D eigenvalue weighted by molar-refractivity contribution is -0.145. The molecule has 2 aromatic carbocycles. The van der Waals surface area contributed by atoms with Crippen LogP contribution >= 0.6 is 11.8 Å². The van der Waals surface area contributed by atoms with Crippen LogP contribution in [-0.4, -0.2) is 22.4 Å². The number of carbonyl (C=O) groups is 2. The number of hydrogen-bond donors (Lipinski definition) is 2. The maximum absolute atomic E-state index is 14.0. The Morgan fingerprint density at radius 3 is 2.32 bits per heavy atom. The van der Waals surface area contributed by atoms with Gasteiger partial charge in [0.2, 0.25) is 5.91 Å². The van der Waals surface area contributed by atoms with Crippen LogP contribution in [0.2, 0.25) is 0 Å². The van der Waals surface area contributed by atoms with Crippen molar-refractivity contribution in [3.05, 3.63) is 64.2 Å². The Morgan fingerprint density at radius 2 is 1.76 bits per heavy atom. The topological polar surface area (TPSA) is 71.2 Å². The van der Waals surface area contributed by atoms with E-state index in [1.165, 1.54) is 24.3 Å². The number of ketones is 1. The number of aromatic nitrogens is 1. The van der Waals surface area contributed by atoms with Crippen molar-refractivity contribution in [2.45, 2.75) is 45.0 Å². The number of nitrogens with one attached hydrogen (secondary N) is 2. The Bertz CT molecular complexity index is 1390. The summed E-state index contributed by atoms with van der Waals surface area (Å²) in [7, 11) is 0. The number of amides is 1. The van der Waals surface area contributed by atoms with Gasteiger partial charge in [-0.1, -0.05) is 13.8 Å². The highest BCUT2D eigenvalue weighted by Crippen LogP contribution is 2.48. The van der Waals surface area contributed by atoms with Gasteiger partial charge in [-0.2, -0.15) is 26.3 Å². The number of fused-ring (bicyclic) bond motifs is 1. The monoisotopic (exact) mass is 556 g/mol. The summed E-state index contributed by atoms with van der Waals surface area (Å²) >= 11 is 1.08. The van der Waals surface area contributed by atoms with Crippen molar-refractivity contribution in [2.75, 3.05) is 11.1 Å². The summed E-state index contributed by atoms with van der Waals surface area (Å²) in [5.74, 6) is -2.49. The number of allylic oxidation sites excluding steroid dienone is 1. The fourth-order valence-corrected chi connectivity index (χ4v) is 4.91. The van der Waals surface area contributed by atoms with Crippen LogP contribution in [0.4, 0.5) is 32.0 Å². The lowest BCUT2D eigenvalue weighted by Crippen LogP contribution is -2.17. The van der Waals surface area contributed by atoms with Gasteiger partial charge in [0.05, 0.1) is 12.2 Å². The smallest absolute Gasteiger partial charge is 0.420 e. The molecule has 1 aliphatic heterocycles. The molecular formula is C26H22F6N2O3S. The number of rotatable bonds is 7. The van der Waals surface area contributed by atoms with Crippen LogP contribution in [0.5, 0.6) is 11.5 Å².